The first-order valence-corrected chi connectivity index (χ1v) is 24.8. The van der Waals surface area contributed by atoms with Crippen LogP contribution in [0.5, 0.6) is 0 Å². The molecule has 0 bridgehead atoms. The number of halogens is 4. The fraction of sp³-hybridized carbons (Fsp3) is 0.509. The van der Waals surface area contributed by atoms with Gasteiger partial charge in [-0.25, -0.2) is 14.4 Å². The van der Waals surface area contributed by atoms with Gasteiger partial charge in [-0.2, -0.15) is 17.6 Å². The predicted octanol–water partition coefficient (Wildman–Crippen LogP) is 8.77. The van der Waals surface area contributed by atoms with E-state index in [4.69, 9.17) is 14.6 Å². The summed E-state index contributed by atoms with van der Waals surface area (Å²) in [4.78, 5) is 81.2. The third-order valence-corrected chi connectivity index (χ3v) is 13.7. The predicted molar refractivity (Wildman–Crippen MR) is 264 cm³/mol. The molecule has 2 aliphatic carbocycles. The number of aromatic amines is 1. The molecule has 5 amide bonds. The van der Waals surface area contributed by atoms with E-state index in [2.05, 4.69) is 31.5 Å². The quantitative estimate of drug-likeness (QED) is 0.0616. The van der Waals surface area contributed by atoms with Crippen molar-refractivity contribution in [3.05, 3.63) is 89.2 Å². The lowest BCUT2D eigenvalue weighted by atomic mass is 9.81. The summed E-state index contributed by atoms with van der Waals surface area (Å²) in [6.45, 7) is 13.8. The third kappa shape index (κ3) is 13.0. The molecule has 21 heteroatoms. The van der Waals surface area contributed by atoms with Crippen LogP contribution in [0.2, 0.25) is 0 Å². The molecule has 7 rings (SSSR count). The highest BCUT2D eigenvalue weighted by molar-refractivity contribution is 5.98. The number of carbonyl (C=O) groups excluding carboxylic acids is 5. The Morgan fingerprint density at radius 2 is 1.45 bits per heavy atom. The van der Waals surface area contributed by atoms with Crippen LogP contribution in [0.4, 0.5) is 32.8 Å². The monoisotopic (exact) mass is 1030 g/mol. The van der Waals surface area contributed by atoms with Crippen LogP contribution in [0.1, 0.15) is 114 Å². The first-order chi connectivity index (χ1) is 34.7. The largest absolute Gasteiger partial charge is 0.477 e. The van der Waals surface area contributed by atoms with Crippen molar-refractivity contribution in [1.82, 2.24) is 36.0 Å². The van der Waals surface area contributed by atoms with Crippen molar-refractivity contribution in [2.75, 3.05) is 18.4 Å². The topological polar surface area (TPSA) is 234 Å². The zero-order valence-electron chi connectivity index (χ0n) is 42.5. The Morgan fingerprint density at radius 3 is 2.07 bits per heavy atom. The molecule has 3 fully saturated rings. The maximum Gasteiger partial charge on any atom is 0.411 e. The number of nitrogens with one attached hydrogen (secondary N) is 5. The number of alkyl carbamates (subject to hydrolysis) is 1. The van der Waals surface area contributed by atoms with Crippen LogP contribution >= 0.6 is 0 Å². The number of nitrogens with zero attached hydrogens (tertiary/aromatic N) is 3. The normalized spacial score (nSPS) is 20.5. The van der Waals surface area contributed by atoms with Crippen molar-refractivity contribution in [2.45, 2.75) is 141 Å². The highest BCUT2D eigenvalue weighted by Crippen LogP contribution is 2.42. The average molecular weight is 1030 g/mol. The number of aliphatic carboxylic acids is 1. The summed E-state index contributed by atoms with van der Waals surface area (Å²) in [7, 11) is 0. The fourth-order valence-corrected chi connectivity index (χ4v) is 9.87. The minimum absolute atomic E-state index is 0.0182. The summed E-state index contributed by atoms with van der Waals surface area (Å²) in [6, 6.07) is 17.3. The van der Waals surface area contributed by atoms with Gasteiger partial charge in [-0.1, -0.05) is 30.3 Å². The maximum atomic E-state index is 14.4. The summed E-state index contributed by atoms with van der Waals surface area (Å²) >= 11 is 0. The van der Waals surface area contributed by atoms with Crippen LogP contribution in [-0.2, 0) is 36.2 Å². The molecule has 0 radical (unpaired) electrons. The second-order valence-corrected chi connectivity index (χ2v) is 21.5. The molecular formula is C53H64F4N8O9. The molecule has 2 heterocycles. The van der Waals surface area contributed by atoms with E-state index in [1.165, 1.54) is 24.3 Å². The first kappa shape index (κ1) is 54.7. The molecule has 6 N–H and O–H groups in total. The van der Waals surface area contributed by atoms with Gasteiger partial charge in [-0.15, -0.1) is 10.2 Å². The van der Waals surface area contributed by atoms with Gasteiger partial charge in [-0.3, -0.25) is 14.4 Å². The highest BCUT2D eigenvalue weighted by Gasteiger charge is 2.66. The van der Waals surface area contributed by atoms with Crippen LogP contribution < -0.4 is 21.3 Å². The molecule has 17 nitrogen and oxygen atoms in total. The van der Waals surface area contributed by atoms with Crippen molar-refractivity contribution < 1.29 is 60.9 Å². The molecule has 3 aliphatic rings. The van der Waals surface area contributed by atoms with Crippen LogP contribution in [0.15, 0.2) is 66.7 Å². The summed E-state index contributed by atoms with van der Waals surface area (Å²) in [5, 5.41) is 26.9. The number of ether oxygens (including phenoxy) is 2. The molecule has 1 saturated heterocycles. The van der Waals surface area contributed by atoms with E-state index in [1.807, 2.05) is 69.1 Å². The van der Waals surface area contributed by atoms with Crippen molar-refractivity contribution in [2.24, 2.45) is 17.8 Å². The standard InChI is InChI=1S/C53H64F4N8O9/c1-29-26-35(44(67)60-39-22-23-41-38(39)24-25-65(41)49(72)74-51(5,6)7)18-21-37(29)32-12-8-30(9-13-32)27-40(61-43(66)34-14-10-31(11-15-34)28-58-48(71)73-50(2,3)4)45(68)59-36-19-16-33(17-20-36)42-62-46(64-63-42)52(54,55)53(56,57)47(69)70/h8-9,12-13,16-21,26,31,34,38-41H,10-11,14-15,22-25,27-28H2,1-7H3,(H,58,71)(H,59,68)(H,60,67)(H,61,66)(H,69,70)(H,62,63,64)/t31-,34-,38?,39?,40-,41?/m0/s1. The Balaban J connectivity index is 1.01. The van der Waals surface area contributed by atoms with E-state index in [0.29, 0.717) is 49.9 Å². The van der Waals surface area contributed by atoms with E-state index in [0.717, 1.165) is 36.0 Å². The van der Waals surface area contributed by atoms with Crippen molar-refractivity contribution in [3.63, 3.8) is 0 Å². The van der Waals surface area contributed by atoms with E-state index in [-0.39, 0.29) is 65.3 Å². The lowest BCUT2D eigenvalue weighted by molar-refractivity contribution is -0.231. The zero-order valence-corrected chi connectivity index (χ0v) is 42.5. The van der Waals surface area contributed by atoms with Crippen molar-refractivity contribution >= 4 is 41.6 Å². The Kier molecular flexibility index (Phi) is 16.1. The van der Waals surface area contributed by atoms with Gasteiger partial charge in [-0.05, 0) is 158 Å². The van der Waals surface area contributed by atoms with Gasteiger partial charge in [0.25, 0.3) is 5.91 Å². The van der Waals surface area contributed by atoms with Gasteiger partial charge in [0.05, 0.1) is 0 Å². The number of fused-ring (bicyclic) bond motifs is 1. The highest BCUT2D eigenvalue weighted by atomic mass is 19.3. The molecule has 1 aromatic heterocycles. The molecule has 4 aromatic rings. The Hall–Kier alpha value is -7.06. The van der Waals surface area contributed by atoms with E-state index >= 15 is 0 Å². The smallest absolute Gasteiger partial charge is 0.411 e. The number of carboxylic acids is 1. The number of H-pyrrole nitrogens is 1. The number of aryl methyl sites for hydroxylation is 1. The number of hydrogen-bond donors (Lipinski definition) is 6. The van der Waals surface area contributed by atoms with Crippen LogP contribution in [-0.4, -0.2) is 109 Å². The van der Waals surface area contributed by atoms with E-state index < -0.39 is 58.8 Å². The lowest BCUT2D eigenvalue weighted by Gasteiger charge is -2.29. The second-order valence-electron chi connectivity index (χ2n) is 21.5. The van der Waals surface area contributed by atoms with Crippen molar-refractivity contribution in [1.29, 1.82) is 0 Å². The number of rotatable bonds is 15. The summed E-state index contributed by atoms with van der Waals surface area (Å²) in [5.74, 6) is -16.9. The van der Waals surface area contributed by atoms with E-state index in [9.17, 15) is 46.3 Å². The molecular weight excluding hydrogens is 969 g/mol. The summed E-state index contributed by atoms with van der Waals surface area (Å²) < 4.78 is 67.4. The van der Waals surface area contributed by atoms with Gasteiger partial charge in [0.1, 0.15) is 17.2 Å². The summed E-state index contributed by atoms with van der Waals surface area (Å²) in [6.07, 6.45) is 3.93. The number of likely N-dealkylation sites (tertiary alicyclic amines) is 1. The maximum absolute atomic E-state index is 14.4. The molecule has 74 heavy (non-hydrogen) atoms. The van der Waals surface area contributed by atoms with Gasteiger partial charge in [0.15, 0.2) is 5.82 Å². The van der Waals surface area contributed by atoms with E-state index in [1.54, 1.807) is 31.7 Å². The Bertz CT molecular complexity index is 2710. The zero-order chi connectivity index (χ0) is 53.9. The lowest BCUT2D eigenvalue weighted by Crippen LogP contribution is -2.48. The first-order valence-electron chi connectivity index (χ1n) is 24.8. The number of benzene rings is 3. The third-order valence-electron chi connectivity index (χ3n) is 13.7. The van der Waals surface area contributed by atoms with Crippen LogP contribution in [0, 0.1) is 24.7 Å². The second kappa shape index (κ2) is 21.8. The van der Waals surface area contributed by atoms with Gasteiger partial charge < -0.3 is 45.7 Å². The minimum atomic E-state index is -5.47. The van der Waals surface area contributed by atoms with Gasteiger partial charge >= 0.3 is 30.0 Å². The Labute approximate surface area is 426 Å². The van der Waals surface area contributed by atoms with Crippen LogP contribution in [0.3, 0.4) is 0 Å². The van der Waals surface area contributed by atoms with Crippen LogP contribution in [0.25, 0.3) is 22.5 Å². The number of aromatic nitrogens is 3. The molecule has 398 valence electrons. The number of carbonyl (C=O) groups is 6. The molecule has 3 aromatic carbocycles. The molecule has 1 aliphatic heterocycles. The minimum Gasteiger partial charge on any atom is -0.477 e. The summed E-state index contributed by atoms with van der Waals surface area (Å²) in [5.41, 5.74) is 2.92. The van der Waals surface area contributed by atoms with Crippen molar-refractivity contribution in [3.8, 4) is 22.5 Å². The average Bonchev–Trinajstić information content (AvgIpc) is 4.09. The number of carboxylic acid groups (broad SMARTS) is 1. The Morgan fingerprint density at radius 1 is 0.797 bits per heavy atom. The molecule has 3 unspecified atom stereocenters. The molecule has 0 spiro atoms. The number of hydrogen-bond acceptors (Lipinski definition) is 10. The number of alkyl halides is 4. The van der Waals surface area contributed by atoms with Gasteiger partial charge in [0, 0.05) is 60.2 Å². The fourth-order valence-electron chi connectivity index (χ4n) is 9.87. The number of anilines is 1. The molecule has 2 saturated carbocycles. The van der Waals surface area contributed by atoms with Gasteiger partial charge in [0.2, 0.25) is 17.6 Å². The SMILES string of the molecule is Cc1cc(C(=O)NC2CCC3C2CCN3C(=O)OC(C)(C)C)ccc1-c1ccc(C[C@H](NC(=O)[C@H]2CC[C@H](CNC(=O)OC(C)(C)C)CC2)C(=O)Nc2ccc(-c3nnc(C(F)(F)C(F)(F)C(=O)O)[nH]3)cc2)cc1. The number of amides is 5. The molecule has 4 atom stereocenters.